The Morgan fingerprint density at radius 1 is 1.05 bits per heavy atom. The van der Waals surface area contributed by atoms with Gasteiger partial charge in [0.2, 0.25) is 5.78 Å². The number of halogens is 8. The third kappa shape index (κ3) is 2.68. The van der Waals surface area contributed by atoms with Gasteiger partial charge in [0.25, 0.3) is 0 Å². The maximum Gasteiger partial charge on any atom is 0.460 e. The smallest absolute Gasteiger partial charge is 0.287 e. The second-order valence-electron chi connectivity index (χ2n) is 3.78. The lowest BCUT2D eigenvalue weighted by molar-refractivity contribution is -0.339. The first-order chi connectivity index (χ1) is 9.36. The topological polar surface area (TPSA) is 40.9 Å². The van der Waals surface area contributed by atoms with E-state index < -0.39 is 40.7 Å². The highest BCUT2D eigenvalue weighted by molar-refractivity contribution is 6.02. The van der Waals surface area contributed by atoms with Gasteiger partial charge in [-0.2, -0.15) is 36.0 Å². The predicted octanol–water partition coefficient (Wildman–Crippen LogP) is 3.71. The van der Waals surface area contributed by atoms with Crippen molar-refractivity contribution in [3.8, 4) is 6.07 Å². The molecule has 0 atom stereocenters. The Labute approximate surface area is 111 Å². The molecule has 0 fully saturated rings. The van der Waals surface area contributed by atoms with E-state index in [0.717, 1.165) is 0 Å². The molecule has 0 bridgehead atoms. The summed E-state index contributed by atoms with van der Waals surface area (Å²) < 4.78 is 100. The Morgan fingerprint density at radius 3 is 1.95 bits per heavy atom. The summed E-state index contributed by atoms with van der Waals surface area (Å²) in [5.41, 5.74) is -2.11. The molecule has 10 heteroatoms. The molecule has 0 radical (unpaired) electrons. The third-order valence-electron chi connectivity index (χ3n) is 2.39. The van der Waals surface area contributed by atoms with Crippen molar-refractivity contribution < 1.29 is 39.9 Å². The van der Waals surface area contributed by atoms with Crippen LogP contribution in [0.5, 0.6) is 0 Å². The summed E-state index contributed by atoms with van der Waals surface area (Å²) in [7, 11) is 0. The first-order valence-corrected chi connectivity index (χ1v) is 4.93. The molecule has 0 spiro atoms. The highest BCUT2D eigenvalue weighted by Crippen LogP contribution is 2.47. The molecule has 0 saturated carbocycles. The van der Waals surface area contributed by atoms with Crippen molar-refractivity contribution in [3.05, 3.63) is 35.1 Å². The molecule has 0 amide bonds. The molecule has 0 aliphatic heterocycles. The van der Waals surface area contributed by atoms with Gasteiger partial charge in [0.15, 0.2) is 0 Å². The van der Waals surface area contributed by atoms with Crippen LogP contribution < -0.4 is 0 Å². The number of Topliss-reactive ketones (excluding diaryl/α,β-unsaturated/α-hetero) is 1. The largest absolute Gasteiger partial charge is 0.460 e. The van der Waals surface area contributed by atoms with Crippen LogP contribution >= 0.6 is 0 Å². The van der Waals surface area contributed by atoms with Crippen molar-refractivity contribution in [1.82, 2.24) is 0 Å². The minimum atomic E-state index is -6.67. The van der Waals surface area contributed by atoms with Crippen molar-refractivity contribution >= 4 is 5.78 Å². The fourth-order valence-corrected chi connectivity index (χ4v) is 1.25. The molecule has 21 heavy (non-hydrogen) atoms. The summed E-state index contributed by atoms with van der Waals surface area (Å²) in [6, 6.07) is 2.10. The Bertz CT molecular complexity index is 614. The zero-order valence-electron chi connectivity index (χ0n) is 9.61. The van der Waals surface area contributed by atoms with Crippen LogP contribution in [0.2, 0.25) is 0 Å². The molecule has 0 heterocycles. The molecule has 0 aromatic heterocycles. The number of hydrogen-bond donors (Lipinski definition) is 0. The molecule has 114 valence electrons. The number of carbonyl (C=O) groups is 1. The normalized spacial score (nSPS) is 12.9. The second-order valence-corrected chi connectivity index (χ2v) is 3.78. The summed E-state index contributed by atoms with van der Waals surface area (Å²) in [5, 5.41) is 8.35. The van der Waals surface area contributed by atoms with Gasteiger partial charge < -0.3 is 0 Å². The number of nitriles is 1. The van der Waals surface area contributed by atoms with Crippen LogP contribution in [0.15, 0.2) is 18.2 Å². The second kappa shape index (κ2) is 4.98. The average Bonchev–Trinajstić information content (AvgIpc) is 2.36. The van der Waals surface area contributed by atoms with Gasteiger partial charge in [-0.3, -0.25) is 4.79 Å². The Morgan fingerprint density at radius 2 is 1.57 bits per heavy atom. The molecule has 0 unspecified atom stereocenters. The molecule has 2 nitrogen and oxygen atoms in total. The van der Waals surface area contributed by atoms with E-state index in [1.54, 1.807) is 0 Å². The van der Waals surface area contributed by atoms with E-state index >= 15 is 0 Å². The lowest BCUT2D eigenvalue weighted by atomic mass is 9.99. The Kier molecular flexibility index (Phi) is 4.00. The molecular weight excluding hydrogens is 314 g/mol. The van der Waals surface area contributed by atoms with Gasteiger partial charge in [0.05, 0.1) is 5.56 Å². The van der Waals surface area contributed by atoms with E-state index in [2.05, 4.69) is 0 Å². The number of benzene rings is 1. The number of nitrogens with zero attached hydrogens (tertiary/aromatic N) is 1. The lowest BCUT2D eigenvalue weighted by Gasteiger charge is -2.27. The molecule has 0 N–H and O–H groups in total. The van der Waals surface area contributed by atoms with Crippen molar-refractivity contribution in [1.29, 1.82) is 5.26 Å². The minimum Gasteiger partial charge on any atom is -0.287 e. The molecule has 1 aromatic rings. The van der Waals surface area contributed by atoms with Gasteiger partial charge in [-0.25, -0.2) is 4.39 Å². The fraction of sp³-hybridized carbons (Fsp3) is 0.273. The Balaban J connectivity index is 3.31. The summed E-state index contributed by atoms with van der Waals surface area (Å²) >= 11 is 0. The van der Waals surface area contributed by atoms with Crippen LogP contribution in [0.3, 0.4) is 0 Å². The van der Waals surface area contributed by atoms with Gasteiger partial charge in [-0.1, -0.05) is 0 Å². The molecule has 1 rings (SSSR count). The van der Waals surface area contributed by atoms with Gasteiger partial charge in [0.1, 0.15) is 11.9 Å². The van der Waals surface area contributed by atoms with E-state index in [4.69, 9.17) is 5.26 Å². The van der Waals surface area contributed by atoms with E-state index in [1.165, 1.54) is 6.07 Å². The quantitative estimate of drug-likeness (QED) is 0.630. The number of ketones is 1. The van der Waals surface area contributed by atoms with Gasteiger partial charge in [-0.15, -0.1) is 0 Å². The highest BCUT2D eigenvalue weighted by Gasteiger charge is 2.76. The van der Waals surface area contributed by atoms with E-state index in [1.807, 2.05) is 0 Å². The van der Waals surface area contributed by atoms with Crippen molar-refractivity contribution in [2.24, 2.45) is 0 Å². The molecular formula is C11H3F8NO. The number of alkyl halides is 7. The van der Waals surface area contributed by atoms with Crippen LogP contribution in [-0.2, 0) is 0 Å². The standard InChI is InChI=1S/C11H3F8NO/c12-7-3-5(1-2-6(7)4-20)8(21)9(13,14)10(15,16)11(17,18)19/h1-3H. The maximum atomic E-state index is 13.1. The Hall–Kier alpha value is -2.18. The summed E-state index contributed by atoms with van der Waals surface area (Å²) in [6.45, 7) is 0. The van der Waals surface area contributed by atoms with Crippen molar-refractivity contribution in [2.45, 2.75) is 18.0 Å². The van der Waals surface area contributed by atoms with Crippen molar-refractivity contribution in [3.63, 3.8) is 0 Å². The summed E-state index contributed by atoms with van der Waals surface area (Å²) in [4.78, 5) is 11.1. The fourth-order valence-electron chi connectivity index (χ4n) is 1.25. The van der Waals surface area contributed by atoms with Gasteiger partial charge in [0, 0.05) is 5.56 Å². The first kappa shape index (κ1) is 16.9. The van der Waals surface area contributed by atoms with Gasteiger partial charge in [-0.05, 0) is 18.2 Å². The highest BCUT2D eigenvalue weighted by atomic mass is 19.4. The molecule has 1 aromatic carbocycles. The molecule has 0 aliphatic rings. The molecule has 0 saturated heterocycles. The van der Waals surface area contributed by atoms with Crippen LogP contribution in [0.25, 0.3) is 0 Å². The van der Waals surface area contributed by atoms with Crippen LogP contribution in [0, 0.1) is 17.1 Å². The SMILES string of the molecule is N#Cc1ccc(C(=O)C(F)(F)C(F)(F)C(F)(F)F)cc1F. The van der Waals surface area contributed by atoms with E-state index in [0.29, 0.717) is 12.1 Å². The first-order valence-electron chi connectivity index (χ1n) is 4.93. The lowest BCUT2D eigenvalue weighted by Crippen LogP contribution is -2.56. The van der Waals surface area contributed by atoms with Crippen LogP contribution in [-0.4, -0.2) is 23.8 Å². The monoisotopic (exact) mass is 317 g/mol. The minimum absolute atomic E-state index is 0.0126. The average molecular weight is 317 g/mol. The van der Waals surface area contributed by atoms with Crippen LogP contribution in [0.4, 0.5) is 35.1 Å². The van der Waals surface area contributed by atoms with Crippen molar-refractivity contribution in [2.75, 3.05) is 0 Å². The molecule has 0 aliphatic carbocycles. The van der Waals surface area contributed by atoms with Crippen LogP contribution in [0.1, 0.15) is 15.9 Å². The number of carbonyl (C=O) groups excluding carboxylic acids is 1. The third-order valence-corrected chi connectivity index (χ3v) is 2.39. The summed E-state index contributed by atoms with van der Waals surface area (Å²) in [6.07, 6.45) is -6.67. The zero-order chi connectivity index (χ0) is 16.6. The van der Waals surface area contributed by atoms with E-state index in [-0.39, 0.29) is 6.07 Å². The predicted molar refractivity (Wildman–Crippen MR) is 51.4 cm³/mol. The number of rotatable bonds is 3. The maximum absolute atomic E-state index is 13.1. The van der Waals surface area contributed by atoms with E-state index in [9.17, 15) is 39.9 Å². The number of hydrogen-bond acceptors (Lipinski definition) is 2. The van der Waals surface area contributed by atoms with Gasteiger partial charge >= 0.3 is 18.0 Å². The summed E-state index contributed by atoms with van der Waals surface area (Å²) in [5.74, 6) is -17.2. The zero-order valence-corrected chi connectivity index (χ0v) is 9.61.